The molecule has 0 aliphatic heterocycles. The van der Waals surface area contributed by atoms with E-state index in [1.54, 1.807) is 0 Å². The highest BCUT2D eigenvalue weighted by Crippen LogP contribution is 2.03. The maximum Gasteiger partial charge on any atom is 0.304 e. The Balaban J connectivity index is 2.29. The van der Waals surface area contributed by atoms with Crippen LogP contribution in [0.4, 0.5) is 5.69 Å². The minimum atomic E-state index is -0.279. The second kappa shape index (κ2) is 4.38. The van der Waals surface area contributed by atoms with Crippen LogP contribution in [0.5, 0.6) is 0 Å². The van der Waals surface area contributed by atoms with Gasteiger partial charge in [-0.3, -0.25) is 4.79 Å². The molecule has 0 radical (unpaired) electrons. The van der Waals surface area contributed by atoms with Gasteiger partial charge in [0.05, 0.1) is 0 Å². The van der Waals surface area contributed by atoms with Crippen LogP contribution < -0.4 is 5.32 Å². The molecule has 12 heavy (non-hydrogen) atoms. The molecule has 0 heterocycles. The second-order valence-electron chi connectivity index (χ2n) is 2.32. The van der Waals surface area contributed by atoms with Crippen molar-refractivity contribution in [3.63, 3.8) is 0 Å². The second-order valence-corrected chi connectivity index (χ2v) is 2.32. The van der Waals surface area contributed by atoms with Gasteiger partial charge in [0.2, 0.25) is 0 Å². The molecule has 0 saturated carbocycles. The van der Waals surface area contributed by atoms with E-state index in [1.165, 1.54) is 6.92 Å². The average molecular weight is 165 g/mol. The SMILES string of the molecule is CC(=O)OCNc1ccccc1. The van der Waals surface area contributed by atoms with E-state index in [4.69, 9.17) is 4.74 Å². The quantitative estimate of drug-likeness (QED) is 0.546. The van der Waals surface area contributed by atoms with Crippen LogP contribution in [-0.2, 0) is 9.53 Å². The molecule has 0 bridgehead atoms. The molecule has 0 aromatic heterocycles. The van der Waals surface area contributed by atoms with Crippen LogP contribution in [0.2, 0.25) is 0 Å². The van der Waals surface area contributed by atoms with Crippen LogP contribution in [0.3, 0.4) is 0 Å². The number of nitrogens with one attached hydrogen (secondary N) is 1. The Morgan fingerprint density at radius 3 is 2.67 bits per heavy atom. The van der Waals surface area contributed by atoms with E-state index in [1.807, 2.05) is 30.3 Å². The summed E-state index contributed by atoms with van der Waals surface area (Å²) >= 11 is 0. The zero-order chi connectivity index (χ0) is 8.81. The molecule has 1 aromatic carbocycles. The molecule has 0 unspecified atom stereocenters. The zero-order valence-electron chi connectivity index (χ0n) is 6.91. The van der Waals surface area contributed by atoms with Gasteiger partial charge in [-0.25, -0.2) is 0 Å². The molecular formula is C9H11NO2. The largest absolute Gasteiger partial charge is 0.445 e. The number of carbonyl (C=O) groups is 1. The Labute approximate surface area is 71.4 Å². The Bertz CT molecular complexity index is 246. The van der Waals surface area contributed by atoms with Crippen molar-refractivity contribution in [3.8, 4) is 0 Å². The summed E-state index contributed by atoms with van der Waals surface area (Å²) in [5, 5.41) is 2.93. The van der Waals surface area contributed by atoms with Crippen LogP contribution in [0.25, 0.3) is 0 Å². The van der Waals surface area contributed by atoms with E-state index in [0.29, 0.717) is 0 Å². The van der Waals surface area contributed by atoms with Gasteiger partial charge in [-0.15, -0.1) is 0 Å². The summed E-state index contributed by atoms with van der Waals surface area (Å²) in [6, 6.07) is 9.57. The Kier molecular flexibility index (Phi) is 3.14. The lowest BCUT2D eigenvalue weighted by Crippen LogP contribution is -2.09. The van der Waals surface area contributed by atoms with Crippen molar-refractivity contribution in [2.24, 2.45) is 0 Å². The lowest BCUT2D eigenvalue weighted by molar-refractivity contribution is -0.140. The van der Waals surface area contributed by atoms with Crippen molar-refractivity contribution in [2.75, 3.05) is 12.0 Å². The molecule has 1 N–H and O–H groups in total. The molecular weight excluding hydrogens is 154 g/mol. The van der Waals surface area contributed by atoms with Crippen LogP contribution in [-0.4, -0.2) is 12.7 Å². The average Bonchev–Trinajstić information content (AvgIpc) is 2.05. The van der Waals surface area contributed by atoms with Crippen molar-refractivity contribution < 1.29 is 9.53 Å². The van der Waals surface area contributed by atoms with Crippen LogP contribution >= 0.6 is 0 Å². The van der Waals surface area contributed by atoms with E-state index in [2.05, 4.69) is 5.32 Å². The number of anilines is 1. The van der Waals surface area contributed by atoms with Crippen LogP contribution in [0.15, 0.2) is 30.3 Å². The number of hydrogen-bond donors (Lipinski definition) is 1. The predicted octanol–water partition coefficient (Wildman–Crippen LogP) is 1.62. The third-order valence-corrected chi connectivity index (χ3v) is 1.33. The first-order chi connectivity index (χ1) is 5.79. The smallest absolute Gasteiger partial charge is 0.304 e. The van der Waals surface area contributed by atoms with E-state index in [-0.39, 0.29) is 12.7 Å². The summed E-state index contributed by atoms with van der Waals surface area (Å²) in [4.78, 5) is 10.4. The fourth-order valence-corrected chi connectivity index (χ4v) is 0.777. The number of benzene rings is 1. The molecule has 0 fully saturated rings. The molecule has 0 spiro atoms. The van der Waals surface area contributed by atoms with Gasteiger partial charge in [-0.05, 0) is 12.1 Å². The number of rotatable bonds is 3. The number of esters is 1. The molecule has 3 heteroatoms. The summed E-state index contributed by atoms with van der Waals surface area (Å²) in [6.07, 6.45) is 0. The molecule has 1 aromatic rings. The summed E-state index contributed by atoms with van der Waals surface area (Å²) < 4.78 is 4.70. The zero-order valence-corrected chi connectivity index (χ0v) is 6.91. The molecule has 0 saturated heterocycles. The van der Waals surface area contributed by atoms with Crippen molar-refractivity contribution in [1.82, 2.24) is 0 Å². The lowest BCUT2D eigenvalue weighted by atomic mass is 10.3. The van der Waals surface area contributed by atoms with Crippen molar-refractivity contribution >= 4 is 11.7 Å². The minimum Gasteiger partial charge on any atom is -0.445 e. The number of carbonyl (C=O) groups excluding carboxylic acids is 1. The summed E-state index contributed by atoms with van der Waals surface area (Å²) in [7, 11) is 0. The van der Waals surface area contributed by atoms with Gasteiger partial charge >= 0.3 is 5.97 Å². The van der Waals surface area contributed by atoms with Gasteiger partial charge < -0.3 is 10.1 Å². The van der Waals surface area contributed by atoms with E-state index in [9.17, 15) is 4.79 Å². The third kappa shape index (κ3) is 3.05. The van der Waals surface area contributed by atoms with Crippen LogP contribution in [0, 0.1) is 0 Å². The fourth-order valence-electron chi connectivity index (χ4n) is 0.777. The molecule has 1 rings (SSSR count). The van der Waals surface area contributed by atoms with Gasteiger partial charge in [-0.1, -0.05) is 18.2 Å². The molecule has 3 nitrogen and oxygen atoms in total. The predicted molar refractivity (Wildman–Crippen MR) is 46.7 cm³/mol. The van der Waals surface area contributed by atoms with Gasteiger partial charge in [0, 0.05) is 12.6 Å². The van der Waals surface area contributed by atoms with Gasteiger partial charge in [0.15, 0.2) is 6.73 Å². The normalized spacial score (nSPS) is 9.08. The van der Waals surface area contributed by atoms with Gasteiger partial charge in [0.25, 0.3) is 0 Å². The molecule has 0 aliphatic rings. The Morgan fingerprint density at radius 2 is 2.08 bits per heavy atom. The summed E-state index contributed by atoms with van der Waals surface area (Å²) in [5.74, 6) is -0.279. The molecule has 0 aliphatic carbocycles. The number of hydrogen-bond acceptors (Lipinski definition) is 3. The Hall–Kier alpha value is -1.51. The monoisotopic (exact) mass is 165 g/mol. The van der Waals surface area contributed by atoms with Crippen LogP contribution in [0.1, 0.15) is 6.92 Å². The number of para-hydroxylation sites is 1. The lowest BCUT2D eigenvalue weighted by Gasteiger charge is -2.04. The highest BCUT2D eigenvalue weighted by Gasteiger charge is 1.91. The highest BCUT2D eigenvalue weighted by atomic mass is 16.5. The topological polar surface area (TPSA) is 38.3 Å². The minimum absolute atomic E-state index is 0.222. The summed E-state index contributed by atoms with van der Waals surface area (Å²) in [6.45, 7) is 1.60. The van der Waals surface area contributed by atoms with E-state index < -0.39 is 0 Å². The van der Waals surface area contributed by atoms with Crippen molar-refractivity contribution in [3.05, 3.63) is 30.3 Å². The van der Waals surface area contributed by atoms with E-state index in [0.717, 1.165) is 5.69 Å². The van der Waals surface area contributed by atoms with Gasteiger partial charge in [0.1, 0.15) is 0 Å². The third-order valence-electron chi connectivity index (χ3n) is 1.33. The first kappa shape index (κ1) is 8.59. The number of ether oxygens (including phenoxy) is 1. The maximum atomic E-state index is 10.4. The summed E-state index contributed by atoms with van der Waals surface area (Å²) in [5.41, 5.74) is 0.943. The highest BCUT2D eigenvalue weighted by molar-refractivity contribution is 5.66. The first-order valence-corrected chi connectivity index (χ1v) is 3.71. The van der Waals surface area contributed by atoms with Crippen molar-refractivity contribution in [2.45, 2.75) is 6.92 Å². The molecule has 0 amide bonds. The fraction of sp³-hybridized carbons (Fsp3) is 0.222. The standard InChI is InChI=1S/C9H11NO2/c1-8(11)12-7-10-9-5-3-2-4-6-9/h2-6,10H,7H2,1H3. The van der Waals surface area contributed by atoms with E-state index >= 15 is 0 Å². The molecule has 64 valence electrons. The first-order valence-electron chi connectivity index (χ1n) is 3.71. The maximum absolute atomic E-state index is 10.4. The van der Waals surface area contributed by atoms with Crippen molar-refractivity contribution in [1.29, 1.82) is 0 Å². The van der Waals surface area contributed by atoms with Gasteiger partial charge in [-0.2, -0.15) is 0 Å². The Morgan fingerprint density at radius 1 is 1.42 bits per heavy atom. The molecule has 0 atom stereocenters.